The molecule has 0 radical (unpaired) electrons. The summed E-state index contributed by atoms with van der Waals surface area (Å²) in [5.41, 5.74) is -0.499. The normalized spacial score (nSPS) is 10.7. The first-order chi connectivity index (χ1) is 10.4. The van der Waals surface area contributed by atoms with Gasteiger partial charge in [-0.05, 0) is 19.9 Å². The van der Waals surface area contributed by atoms with E-state index in [1.54, 1.807) is 6.33 Å². The van der Waals surface area contributed by atoms with Gasteiger partial charge >= 0.3 is 0 Å². The molecule has 0 saturated carbocycles. The van der Waals surface area contributed by atoms with Crippen LogP contribution in [0.25, 0.3) is 0 Å². The van der Waals surface area contributed by atoms with Gasteiger partial charge in [0.1, 0.15) is 12.0 Å². The van der Waals surface area contributed by atoms with Crippen LogP contribution in [0.15, 0.2) is 24.5 Å². The van der Waals surface area contributed by atoms with Crippen molar-refractivity contribution in [1.29, 1.82) is 0 Å². The number of rotatable bonds is 6. The summed E-state index contributed by atoms with van der Waals surface area (Å²) in [4.78, 5) is 20.4. The van der Waals surface area contributed by atoms with Crippen LogP contribution in [0.2, 0.25) is 0 Å². The van der Waals surface area contributed by atoms with Crippen LogP contribution in [-0.4, -0.2) is 24.6 Å². The van der Waals surface area contributed by atoms with Crippen molar-refractivity contribution in [2.24, 2.45) is 0 Å². The van der Waals surface area contributed by atoms with Gasteiger partial charge in [-0.25, -0.2) is 0 Å². The Kier molecular flexibility index (Phi) is 4.30. The van der Waals surface area contributed by atoms with Gasteiger partial charge in [0.05, 0.1) is 22.5 Å². The molecule has 22 heavy (non-hydrogen) atoms. The van der Waals surface area contributed by atoms with Gasteiger partial charge in [-0.1, -0.05) is 0 Å². The van der Waals surface area contributed by atoms with Crippen molar-refractivity contribution in [2.75, 3.05) is 5.32 Å². The van der Waals surface area contributed by atoms with Gasteiger partial charge < -0.3 is 9.88 Å². The van der Waals surface area contributed by atoms with Gasteiger partial charge in [0.2, 0.25) is 0 Å². The molecule has 1 aromatic heterocycles. The van der Waals surface area contributed by atoms with E-state index in [1.807, 2.05) is 18.4 Å². The summed E-state index contributed by atoms with van der Waals surface area (Å²) in [7, 11) is 0. The minimum Gasteiger partial charge on any atom is -0.372 e. The molecular weight excluding hydrogens is 292 g/mol. The molecule has 0 unspecified atom stereocenters. The van der Waals surface area contributed by atoms with Crippen molar-refractivity contribution in [1.82, 2.24) is 14.8 Å². The molecule has 0 spiro atoms. The number of benzene rings is 1. The lowest BCUT2D eigenvalue weighted by atomic mass is 10.2. The second-order valence-electron chi connectivity index (χ2n) is 4.82. The third kappa shape index (κ3) is 3.16. The molecule has 0 amide bonds. The maximum Gasteiger partial charge on any atom is 0.299 e. The monoisotopic (exact) mass is 306 g/mol. The SMILES string of the molecule is CC(C)n1cnnc1CNc1ccc([N+](=O)[O-])cc1[N+](=O)[O-]. The fourth-order valence-corrected chi connectivity index (χ4v) is 1.93. The number of nitrogens with zero attached hydrogens (tertiary/aromatic N) is 5. The molecule has 0 saturated heterocycles. The Morgan fingerprint density at radius 3 is 2.59 bits per heavy atom. The fourth-order valence-electron chi connectivity index (χ4n) is 1.93. The van der Waals surface area contributed by atoms with Gasteiger partial charge in [-0.3, -0.25) is 20.2 Å². The van der Waals surface area contributed by atoms with Crippen LogP contribution < -0.4 is 5.32 Å². The van der Waals surface area contributed by atoms with E-state index >= 15 is 0 Å². The molecule has 0 bridgehead atoms. The maximum atomic E-state index is 11.0. The molecule has 116 valence electrons. The molecule has 10 nitrogen and oxygen atoms in total. The zero-order valence-corrected chi connectivity index (χ0v) is 12.0. The van der Waals surface area contributed by atoms with Gasteiger partial charge in [0.25, 0.3) is 11.4 Å². The number of hydrogen-bond donors (Lipinski definition) is 1. The molecule has 1 N–H and O–H groups in total. The van der Waals surface area contributed by atoms with Crippen LogP contribution in [0.1, 0.15) is 25.7 Å². The van der Waals surface area contributed by atoms with Crippen LogP contribution in [0, 0.1) is 20.2 Å². The van der Waals surface area contributed by atoms with Gasteiger partial charge in [-0.2, -0.15) is 0 Å². The van der Waals surface area contributed by atoms with E-state index in [0.29, 0.717) is 5.82 Å². The molecule has 2 aromatic rings. The quantitative estimate of drug-likeness (QED) is 0.640. The van der Waals surface area contributed by atoms with E-state index in [9.17, 15) is 20.2 Å². The smallest absolute Gasteiger partial charge is 0.299 e. The van der Waals surface area contributed by atoms with Crippen molar-refractivity contribution < 1.29 is 9.85 Å². The summed E-state index contributed by atoms with van der Waals surface area (Å²) >= 11 is 0. The molecular formula is C12H14N6O4. The highest BCUT2D eigenvalue weighted by Gasteiger charge is 2.19. The minimum absolute atomic E-state index is 0.152. The average molecular weight is 306 g/mol. The second-order valence-corrected chi connectivity index (χ2v) is 4.82. The van der Waals surface area contributed by atoms with Crippen LogP contribution >= 0.6 is 0 Å². The van der Waals surface area contributed by atoms with Crippen LogP contribution in [0.3, 0.4) is 0 Å². The van der Waals surface area contributed by atoms with Crippen LogP contribution in [0.5, 0.6) is 0 Å². The molecule has 0 aliphatic rings. The number of anilines is 1. The van der Waals surface area contributed by atoms with Gasteiger partial charge in [0.15, 0.2) is 5.82 Å². The second kappa shape index (κ2) is 6.16. The number of aromatic nitrogens is 3. The molecule has 1 aromatic carbocycles. The van der Waals surface area contributed by atoms with E-state index in [4.69, 9.17) is 0 Å². The summed E-state index contributed by atoms with van der Waals surface area (Å²) in [5, 5.41) is 32.4. The Bertz CT molecular complexity index is 711. The van der Waals surface area contributed by atoms with E-state index in [-0.39, 0.29) is 29.6 Å². The number of hydrogen-bond acceptors (Lipinski definition) is 7. The van der Waals surface area contributed by atoms with E-state index in [0.717, 1.165) is 6.07 Å². The van der Waals surface area contributed by atoms with E-state index in [1.165, 1.54) is 12.1 Å². The Labute approximate surface area is 125 Å². The van der Waals surface area contributed by atoms with Crippen molar-refractivity contribution in [3.8, 4) is 0 Å². The van der Waals surface area contributed by atoms with Crippen LogP contribution in [-0.2, 0) is 6.54 Å². The summed E-state index contributed by atoms with van der Waals surface area (Å²) in [5.74, 6) is 0.614. The molecule has 2 rings (SSSR count). The van der Waals surface area contributed by atoms with Crippen molar-refractivity contribution in [3.05, 3.63) is 50.6 Å². The predicted octanol–water partition coefficient (Wildman–Crippen LogP) is 2.29. The van der Waals surface area contributed by atoms with Crippen molar-refractivity contribution >= 4 is 17.1 Å². The average Bonchev–Trinajstić information content (AvgIpc) is 2.93. The molecule has 0 aliphatic carbocycles. The standard InChI is InChI=1S/C12H14N6O4/c1-8(2)16-7-14-15-12(16)6-13-10-4-3-9(17(19)20)5-11(10)18(21)22/h3-5,7-8,13H,6H2,1-2H3. The summed E-state index contributed by atoms with van der Waals surface area (Å²) in [6.07, 6.45) is 1.58. The van der Waals surface area contributed by atoms with E-state index in [2.05, 4.69) is 15.5 Å². The molecule has 0 aliphatic heterocycles. The van der Waals surface area contributed by atoms with Crippen molar-refractivity contribution in [3.63, 3.8) is 0 Å². The Balaban J connectivity index is 2.24. The molecule has 10 heteroatoms. The number of non-ortho nitro benzene ring substituents is 1. The summed E-state index contributed by atoms with van der Waals surface area (Å²) in [6, 6.07) is 3.60. The first-order valence-corrected chi connectivity index (χ1v) is 6.45. The van der Waals surface area contributed by atoms with Crippen molar-refractivity contribution in [2.45, 2.75) is 26.4 Å². The van der Waals surface area contributed by atoms with Gasteiger partial charge in [-0.15, -0.1) is 10.2 Å². The Morgan fingerprint density at radius 1 is 1.27 bits per heavy atom. The zero-order chi connectivity index (χ0) is 16.3. The van der Waals surface area contributed by atoms with Gasteiger partial charge in [0, 0.05) is 12.1 Å². The number of nitro groups is 2. The first-order valence-electron chi connectivity index (χ1n) is 6.45. The zero-order valence-electron chi connectivity index (χ0n) is 12.0. The van der Waals surface area contributed by atoms with E-state index < -0.39 is 9.85 Å². The molecule has 0 fully saturated rings. The highest BCUT2D eigenvalue weighted by molar-refractivity contribution is 5.65. The topological polar surface area (TPSA) is 129 Å². The Hall–Kier alpha value is -3.04. The lowest BCUT2D eigenvalue weighted by Gasteiger charge is -2.11. The third-order valence-corrected chi connectivity index (χ3v) is 3.03. The molecule has 0 atom stereocenters. The lowest BCUT2D eigenvalue weighted by molar-refractivity contribution is -0.393. The maximum absolute atomic E-state index is 11.0. The fraction of sp³-hybridized carbons (Fsp3) is 0.333. The Morgan fingerprint density at radius 2 is 2.00 bits per heavy atom. The largest absolute Gasteiger partial charge is 0.372 e. The number of nitro benzene ring substituents is 2. The number of nitrogens with one attached hydrogen (secondary N) is 1. The molecule has 1 heterocycles. The lowest BCUT2D eigenvalue weighted by Crippen LogP contribution is -2.11. The highest BCUT2D eigenvalue weighted by atomic mass is 16.6. The first kappa shape index (κ1) is 15.4. The summed E-state index contributed by atoms with van der Waals surface area (Å²) in [6.45, 7) is 4.14. The van der Waals surface area contributed by atoms with Crippen LogP contribution in [0.4, 0.5) is 17.1 Å². The third-order valence-electron chi connectivity index (χ3n) is 3.03. The predicted molar refractivity (Wildman–Crippen MR) is 77.5 cm³/mol. The highest BCUT2D eigenvalue weighted by Crippen LogP contribution is 2.29. The summed E-state index contributed by atoms with van der Waals surface area (Å²) < 4.78 is 1.82. The minimum atomic E-state index is -0.674.